The second-order valence-electron chi connectivity index (χ2n) is 5.25. The Morgan fingerprint density at radius 2 is 1.52 bits per heavy atom. The molecule has 0 amide bonds. The average Bonchev–Trinajstić information content (AvgIpc) is 2.54. The monoisotopic (exact) mass is 363 g/mol. The molecule has 0 bridgehead atoms. The lowest BCUT2D eigenvalue weighted by Crippen LogP contribution is -2.33. The van der Waals surface area contributed by atoms with E-state index < -0.39 is 10.0 Å². The van der Waals surface area contributed by atoms with Gasteiger partial charge in [0.25, 0.3) is 0 Å². The van der Waals surface area contributed by atoms with Gasteiger partial charge >= 0.3 is 0 Å². The quantitative estimate of drug-likeness (QED) is 0.631. The van der Waals surface area contributed by atoms with Crippen molar-refractivity contribution in [3.63, 3.8) is 0 Å². The van der Waals surface area contributed by atoms with E-state index in [1.807, 2.05) is 13.8 Å². The van der Waals surface area contributed by atoms with Gasteiger partial charge in [-0.05, 0) is 12.8 Å². The predicted molar refractivity (Wildman–Crippen MR) is 93.1 cm³/mol. The molecule has 0 saturated heterocycles. The Bertz CT molecular complexity index is 596. The molecular weight excluding hydrogens is 338 g/mol. The summed E-state index contributed by atoms with van der Waals surface area (Å²) in [5, 5.41) is 0.317. The summed E-state index contributed by atoms with van der Waals surface area (Å²) in [7, 11) is -0.783. The molecule has 1 aromatic rings. The van der Waals surface area contributed by atoms with Crippen LogP contribution in [-0.4, -0.2) is 40.0 Å². The van der Waals surface area contributed by atoms with Crippen molar-refractivity contribution in [2.75, 3.05) is 27.3 Å². The molecule has 0 aliphatic heterocycles. The number of sulfonamides is 1. The number of rotatable bonds is 10. The fourth-order valence-electron chi connectivity index (χ4n) is 2.19. The molecule has 132 valence electrons. The van der Waals surface area contributed by atoms with Crippen molar-refractivity contribution in [2.24, 2.45) is 0 Å². The number of nitrogens with zero attached hydrogens (tertiary/aromatic N) is 1. The zero-order valence-electron chi connectivity index (χ0n) is 14.3. The van der Waals surface area contributed by atoms with E-state index in [-0.39, 0.29) is 10.6 Å². The van der Waals surface area contributed by atoms with E-state index in [1.54, 1.807) is 0 Å². The third-order valence-corrected chi connectivity index (χ3v) is 5.79. The van der Waals surface area contributed by atoms with E-state index in [2.05, 4.69) is 0 Å². The second-order valence-corrected chi connectivity index (χ2v) is 7.56. The topological polar surface area (TPSA) is 55.8 Å². The fourth-order valence-corrected chi connectivity index (χ4v) is 4.09. The van der Waals surface area contributed by atoms with Gasteiger partial charge in [-0.1, -0.05) is 38.3 Å². The highest BCUT2D eigenvalue weighted by molar-refractivity contribution is 7.89. The first-order chi connectivity index (χ1) is 10.9. The summed E-state index contributed by atoms with van der Waals surface area (Å²) in [5.41, 5.74) is 0. The SMILES string of the molecule is CCCCN(CCCC)S(=O)(=O)c1cc(OC)c(Cl)cc1OC. The highest BCUT2D eigenvalue weighted by Gasteiger charge is 2.28. The van der Waals surface area contributed by atoms with E-state index in [1.165, 1.54) is 30.7 Å². The van der Waals surface area contributed by atoms with Crippen LogP contribution >= 0.6 is 11.6 Å². The van der Waals surface area contributed by atoms with E-state index in [0.29, 0.717) is 23.9 Å². The van der Waals surface area contributed by atoms with Crippen molar-refractivity contribution in [2.45, 2.75) is 44.4 Å². The normalized spacial score (nSPS) is 11.7. The maximum absolute atomic E-state index is 13.1. The molecule has 0 saturated carbocycles. The predicted octanol–water partition coefficient (Wildman–Crippen LogP) is 3.95. The van der Waals surface area contributed by atoms with Crippen LogP contribution in [0.1, 0.15) is 39.5 Å². The highest BCUT2D eigenvalue weighted by Crippen LogP contribution is 2.36. The van der Waals surface area contributed by atoms with Gasteiger partial charge in [0.15, 0.2) is 0 Å². The largest absolute Gasteiger partial charge is 0.495 e. The average molecular weight is 364 g/mol. The molecule has 0 aromatic heterocycles. The number of unbranched alkanes of at least 4 members (excludes halogenated alkanes) is 2. The van der Waals surface area contributed by atoms with Crippen LogP contribution in [0.5, 0.6) is 11.5 Å². The second kappa shape index (κ2) is 9.35. The maximum atomic E-state index is 13.1. The molecule has 0 spiro atoms. The van der Waals surface area contributed by atoms with Gasteiger partial charge in [-0.3, -0.25) is 0 Å². The van der Waals surface area contributed by atoms with Crippen molar-refractivity contribution >= 4 is 21.6 Å². The Labute approximate surface area is 144 Å². The summed E-state index contributed by atoms with van der Waals surface area (Å²) in [6.07, 6.45) is 3.49. The van der Waals surface area contributed by atoms with Crippen molar-refractivity contribution < 1.29 is 17.9 Å². The van der Waals surface area contributed by atoms with E-state index >= 15 is 0 Å². The van der Waals surface area contributed by atoms with Crippen molar-refractivity contribution in [3.8, 4) is 11.5 Å². The van der Waals surface area contributed by atoms with Crippen LogP contribution < -0.4 is 9.47 Å². The first-order valence-corrected chi connectivity index (χ1v) is 9.65. The summed E-state index contributed by atoms with van der Waals surface area (Å²) in [6, 6.07) is 2.91. The minimum Gasteiger partial charge on any atom is -0.495 e. The summed E-state index contributed by atoms with van der Waals surface area (Å²) >= 11 is 6.06. The number of ether oxygens (including phenoxy) is 2. The molecule has 0 fully saturated rings. The smallest absolute Gasteiger partial charge is 0.246 e. The maximum Gasteiger partial charge on any atom is 0.246 e. The van der Waals surface area contributed by atoms with Gasteiger partial charge in [-0.25, -0.2) is 8.42 Å². The molecule has 0 N–H and O–H groups in total. The van der Waals surface area contributed by atoms with Gasteiger partial charge in [0.05, 0.1) is 19.2 Å². The minimum atomic E-state index is -3.67. The van der Waals surface area contributed by atoms with Crippen LogP contribution in [0.4, 0.5) is 0 Å². The van der Waals surface area contributed by atoms with Gasteiger partial charge in [-0.15, -0.1) is 0 Å². The Hall–Kier alpha value is -0.980. The minimum absolute atomic E-state index is 0.0912. The number of hydrogen-bond donors (Lipinski definition) is 0. The number of hydrogen-bond acceptors (Lipinski definition) is 4. The van der Waals surface area contributed by atoms with E-state index in [9.17, 15) is 8.42 Å². The zero-order chi connectivity index (χ0) is 17.5. The molecule has 5 nitrogen and oxygen atoms in total. The lowest BCUT2D eigenvalue weighted by molar-refractivity contribution is 0.376. The summed E-state index contributed by atoms with van der Waals surface area (Å²) < 4.78 is 38.0. The molecule has 1 aromatic carbocycles. The fraction of sp³-hybridized carbons (Fsp3) is 0.625. The zero-order valence-corrected chi connectivity index (χ0v) is 15.8. The molecule has 0 unspecified atom stereocenters. The van der Waals surface area contributed by atoms with Crippen molar-refractivity contribution in [1.29, 1.82) is 0 Å². The molecule has 0 atom stereocenters. The molecular formula is C16H26ClNO4S. The Balaban J connectivity index is 3.31. The Kier molecular flexibility index (Phi) is 8.16. The highest BCUT2D eigenvalue weighted by atomic mass is 35.5. The molecule has 0 radical (unpaired) electrons. The van der Waals surface area contributed by atoms with Gasteiger partial charge in [-0.2, -0.15) is 4.31 Å². The van der Waals surface area contributed by atoms with Crippen LogP contribution in [0.2, 0.25) is 5.02 Å². The standard InChI is InChI=1S/C16H26ClNO4S/c1-5-7-9-18(10-8-6-2)23(19,20)16-12-14(21-3)13(17)11-15(16)22-4/h11-12H,5-10H2,1-4H3. The molecule has 0 aliphatic carbocycles. The van der Waals surface area contributed by atoms with Gasteiger partial charge < -0.3 is 9.47 Å². The van der Waals surface area contributed by atoms with Crippen LogP contribution in [0, 0.1) is 0 Å². The Morgan fingerprint density at radius 3 is 1.96 bits per heavy atom. The van der Waals surface area contributed by atoms with Crippen LogP contribution in [0.25, 0.3) is 0 Å². The molecule has 0 aliphatic rings. The van der Waals surface area contributed by atoms with Crippen LogP contribution in [0.3, 0.4) is 0 Å². The number of halogens is 1. The lowest BCUT2D eigenvalue weighted by Gasteiger charge is -2.23. The van der Waals surface area contributed by atoms with Crippen molar-refractivity contribution in [3.05, 3.63) is 17.2 Å². The third-order valence-electron chi connectivity index (χ3n) is 3.58. The molecule has 1 rings (SSSR count). The van der Waals surface area contributed by atoms with E-state index in [4.69, 9.17) is 21.1 Å². The number of methoxy groups -OCH3 is 2. The Morgan fingerprint density at radius 1 is 1.00 bits per heavy atom. The first kappa shape index (κ1) is 20.1. The number of benzene rings is 1. The summed E-state index contributed by atoms with van der Waals surface area (Å²) in [6.45, 7) is 5.06. The van der Waals surface area contributed by atoms with Gasteiger partial charge in [0, 0.05) is 25.2 Å². The first-order valence-electron chi connectivity index (χ1n) is 7.84. The molecule has 7 heteroatoms. The van der Waals surface area contributed by atoms with Crippen LogP contribution in [-0.2, 0) is 10.0 Å². The van der Waals surface area contributed by atoms with Gasteiger partial charge in [0.2, 0.25) is 10.0 Å². The summed E-state index contributed by atoms with van der Waals surface area (Å²) in [5.74, 6) is 0.547. The summed E-state index contributed by atoms with van der Waals surface area (Å²) in [4.78, 5) is 0.0912. The van der Waals surface area contributed by atoms with E-state index in [0.717, 1.165) is 25.7 Å². The molecule has 0 heterocycles. The van der Waals surface area contributed by atoms with Gasteiger partial charge in [0.1, 0.15) is 16.4 Å². The van der Waals surface area contributed by atoms with Crippen molar-refractivity contribution in [1.82, 2.24) is 4.31 Å². The van der Waals surface area contributed by atoms with Crippen LogP contribution in [0.15, 0.2) is 17.0 Å². The lowest BCUT2D eigenvalue weighted by atomic mass is 10.3. The third kappa shape index (κ3) is 4.99. The molecule has 23 heavy (non-hydrogen) atoms.